The minimum absolute atomic E-state index is 0.0120. The minimum Gasteiger partial charge on any atom is -0.505 e. The van der Waals surface area contributed by atoms with Crippen LogP contribution in [0.4, 0.5) is 8.78 Å². The maximum atomic E-state index is 13.8. The maximum absolute atomic E-state index is 13.8. The number of hydrogen-bond donors (Lipinski definition) is 2. The molecule has 0 amide bonds. The van der Waals surface area contributed by atoms with Gasteiger partial charge < -0.3 is 5.11 Å². The van der Waals surface area contributed by atoms with Gasteiger partial charge in [0.2, 0.25) is 20.0 Å². The van der Waals surface area contributed by atoms with Crippen molar-refractivity contribution in [2.45, 2.75) is 35.8 Å². The van der Waals surface area contributed by atoms with E-state index < -0.39 is 36.5 Å². The Bertz CT molecular complexity index is 2100. The van der Waals surface area contributed by atoms with Crippen molar-refractivity contribution in [2.75, 3.05) is 0 Å². The molecule has 0 aliphatic rings. The molecule has 0 unspecified atom stereocenters. The molecule has 0 spiro atoms. The van der Waals surface area contributed by atoms with E-state index in [2.05, 4.69) is 4.72 Å². The Morgan fingerprint density at radius 1 is 0.660 bits per heavy atom. The van der Waals surface area contributed by atoms with Gasteiger partial charge in [0.25, 0.3) is 0 Å². The minimum atomic E-state index is -4.37. The highest BCUT2D eigenvalue weighted by atomic mass is 35.5. The van der Waals surface area contributed by atoms with E-state index in [9.17, 15) is 30.7 Å². The quantitative estimate of drug-likeness (QED) is 0.140. The average Bonchev–Trinajstić information content (AvgIpc) is 3.04. The molecule has 13 heteroatoms. The van der Waals surface area contributed by atoms with Gasteiger partial charge in [0, 0.05) is 24.7 Å². The van der Waals surface area contributed by atoms with Crippen molar-refractivity contribution in [2.24, 2.45) is 0 Å². The third kappa shape index (κ3) is 8.55. The number of phenols is 1. The van der Waals surface area contributed by atoms with Crippen LogP contribution in [0.2, 0.25) is 10.0 Å². The van der Waals surface area contributed by atoms with E-state index in [-0.39, 0.29) is 40.4 Å². The lowest BCUT2D eigenvalue weighted by Gasteiger charge is -2.23. The Morgan fingerprint density at radius 3 is 1.77 bits per heavy atom. The molecule has 0 bridgehead atoms. The second-order valence-electron chi connectivity index (χ2n) is 10.7. The molecule has 0 saturated heterocycles. The van der Waals surface area contributed by atoms with Crippen LogP contribution < -0.4 is 4.72 Å². The fourth-order valence-corrected chi connectivity index (χ4v) is 8.27. The third-order valence-corrected chi connectivity index (χ3v) is 11.1. The summed E-state index contributed by atoms with van der Waals surface area (Å²) in [6, 6.07) is 26.7. The molecular formula is C34H28Cl2F2N2O5S2. The number of aromatic hydroxyl groups is 1. The Hall–Kier alpha value is -3.84. The molecule has 0 saturated carbocycles. The van der Waals surface area contributed by atoms with Gasteiger partial charge in [-0.2, -0.15) is 4.31 Å². The number of halogens is 4. The average molecular weight is 718 g/mol. The molecule has 0 fully saturated rings. The van der Waals surface area contributed by atoms with Gasteiger partial charge in [-0.15, -0.1) is 0 Å². The summed E-state index contributed by atoms with van der Waals surface area (Å²) in [4.78, 5) is -0.380. The largest absolute Gasteiger partial charge is 0.505 e. The van der Waals surface area contributed by atoms with Gasteiger partial charge >= 0.3 is 0 Å². The molecular weight excluding hydrogens is 689 g/mol. The van der Waals surface area contributed by atoms with Crippen LogP contribution in [0.3, 0.4) is 0 Å². The van der Waals surface area contributed by atoms with E-state index in [1.54, 1.807) is 54.6 Å². The van der Waals surface area contributed by atoms with Gasteiger partial charge in [0.15, 0.2) is 5.75 Å². The Kier molecular flexibility index (Phi) is 10.6. The van der Waals surface area contributed by atoms with Crippen LogP contribution >= 0.6 is 23.2 Å². The summed E-state index contributed by atoms with van der Waals surface area (Å²) in [5.41, 5.74) is 2.97. The number of nitrogens with one attached hydrogen (secondary N) is 1. The number of phenolic OH excluding ortho intramolecular Hbond substituents is 1. The highest BCUT2D eigenvalue weighted by molar-refractivity contribution is 7.89. The molecule has 5 rings (SSSR count). The topological polar surface area (TPSA) is 104 Å². The van der Waals surface area contributed by atoms with Gasteiger partial charge in [-0.3, -0.25) is 0 Å². The number of benzene rings is 5. The second kappa shape index (κ2) is 14.5. The summed E-state index contributed by atoms with van der Waals surface area (Å²) < 4.78 is 84.8. The molecule has 7 nitrogen and oxygen atoms in total. The molecule has 0 radical (unpaired) electrons. The monoisotopic (exact) mass is 716 g/mol. The number of rotatable bonds is 12. The molecule has 2 N–H and O–H groups in total. The maximum Gasteiger partial charge on any atom is 0.247 e. The number of sulfonamides is 2. The van der Waals surface area contributed by atoms with E-state index in [1.807, 2.05) is 0 Å². The van der Waals surface area contributed by atoms with Gasteiger partial charge in [0.1, 0.15) is 16.5 Å². The molecule has 5 aromatic rings. The number of nitrogens with zero attached hydrogens (tertiary/aromatic N) is 1. The predicted molar refractivity (Wildman–Crippen MR) is 177 cm³/mol. The fraction of sp³-hybridized carbons (Fsp3) is 0.118. The summed E-state index contributed by atoms with van der Waals surface area (Å²) in [5.74, 6) is -1.51. The van der Waals surface area contributed by atoms with E-state index >= 15 is 0 Å². The highest BCUT2D eigenvalue weighted by Crippen LogP contribution is 2.36. The van der Waals surface area contributed by atoms with Crippen molar-refractivity contribution in [3.63, 3.8) is 0 Å². The van der Waals surface area contributed by atoms with Gasteiger partial charge in [0.05, 0.1) is 9.92 Å². The Balaban J connectivity index is 1.34. The number of hydrogen-bond acceptors (Lipinski definition) is 5. The zero-order valence-corrected chi connectivity index (χ0v) is 27.7. The van der Waals surface area contributed by atoms with Gasteiger partial charge in [-0.1, -0.05) is 89.9 Å². The fourth-order valence-electron chi connectivity index (χ4n) is 4.85. The lowest BCUT2D eigenvalue weighted by Crippen LogP contribution is -2.30. The summed E-state index contributed by atoms with van der Waals surface area (Å²) in [5, 5.41) is 10.3. The first-order valence-corrected chi connectivity index (χ1v) is 17.8. The first kappa shape index (κ1) is 34.5. The summed E-state index contributed by atoms with van der Waals surface area (Å²) >= 11 is 12.1. The van der Waals surface area contributed by atoms with Crippen molar-refractivity contribution in [3.8, 4) is 5.75 Å². The lowest BCUT2D eigenvalue weighted by molar-refractivity contribution is 0.394. The molecule has 0 heterocycles. The molecule has 0 aliphatic heterocycles. The van der Waals surface area contributed by atoms with Gasteiger partial charge in [-0.25, -0.2) is 30.3 Å². The molecule has 5 aromatic carbocycles. The van der Waals surface area contributed by atoms with E-state index in [0.29, 0.717) is 28.7 Å². The summed E-state index contributed by atoms with van der Waals surface area (Å²) in [7, 11) is -8.30. The second-order valence-corrected chi connectivity index (χ2v) is 15.2. The lowest BCUT2D eigenvalue weighted by atomic mass is 10.1. The summed E-state index contributed by atoms with van der Waals surface area (Å²) in [6.07, 6.45) is 0.294. The van der Waals surface area contributed by atoms with Crippen LogP contribution in [-0.4, -0.2) is 26.2 Å². The molecule has 0 atom stereocenters. The predicted octanol–water partition coefficient (Wildman–Crippen LogP) is 7.44. The van der Waals surface area contributed by atoms with E-state index in [1.165, 1.54) is 48.5 Å². The van der Waals surface area contributed by atoms with Crippen molar-refractivity contribution < 1.29 is 30.7 Å². The first-order chi connectivity index (χ1) is 22.3. The van der Waals surface area contributed by atoms with Crippen molar-refractivity contribution >= 4 is 43.2 Å². The molecule has 0 aromatic heterocycles. The SMILES string of the molecule is O=S(=O)(NCc1ccc(CN(Cc2ccc(F)cc2)S(=O)(=O)c2cc(Cl)cc(Cl)c2O)cc1)c1ccccc1Cc1ccc(F)cc1. The van der Waals surface area contributed by atoms with Gasteiger partial charge in [-0.05, 0) is 76.7 Å². The Morgan fingerprint density at radius 2 is 1.17 bits per heavy atom. The summed E-state index contributed by atoms with van der Waals surface area (Å²) in [6.45, 7) is -0.350. The third-order valence-electron chi connectivity index (χ3n) is 7.30. The van der Waals surface area contributed by atoms with Crippen molar-refractivity contribution in [3.05, 3.63) is 159 Å². The molecule has 47 heavy (non-hydrogen) atoms. The van der Waals surface area contributed by atoms with E-state index in [0.717, 1.165) is 15.9 Å². The highest BCUT2D eigenvalue weighted by Gasteiger charge is 2.29. The zero-order chi connectivity index (χ0) is 33.8. The van der Waals surface area contributed by atoms with Crippen LogP contribution in [0, 0.1) is 11.6 Å². The van der Waals surface area contributed by atoms with Crippen LogP contribution in [0.1, 0.15) is 27.8 Å². The van der Waals surface area contributed by atoms with Crippen LogP contribution in [0.5, 0.6) is 5.75 Å². The van der Waals surface area contributed by atoms with E-state index in [4.69, 9.17) is 23.2 Å². The first-order valence-electron chi connectivity index (χ1n) is 14.1. The Labute approximate surface area is 282 Å². The standard InChI is InChI=1S/C34H28Cl2F2N2O5S2/c35-28-18-31(36)34(41)33(19-28)47(44,45)40(22-26-11-15-30(38)16-12-26)21-25-7-5-24(6-8-25)20-39-46(42,43)32-4-2-1-3-27(32)17-23-9-13-29(37)14-10-23/h1-16,18-19,39,41H,17,20-22H2. The molecule has 244 valence electrons. The molecule has 0 aliphatic carbocycles. The van der Waals surface area contributed by atoms with Crippen molar-refractivity contribution in [1.29, 1.82) is 0 Å². The van der Waals surface area contributed by atoms with Crippen LogP contribution in [0.25, 0.3) is 0 Å². The van der Waals surface area contributed by atoms with Crippen molar-refractivity contribution in [1.82, 2.24) is 9.03 Å². The smallest absolute Gasteiger partial charge is 0.247 e. The van der Waals surface area contributed by atoms with Crippen LogP contribution in [0.15, 0.2) is 119 Å². The zero-order valence-electron chi connectivity index (χ0n) is 24.6. The normalized spacial score (nSPS) is 12.0. The van der Waals surface area contributed by atoms with Crippen LogP contribution in [-0.2, 0) is 46.1 Å².